The number of nitrogens with one attached hydrogen (secondary N) is 2. The predicted octanol–water partition coefficient (Wildman–Crippen LogP) is 4.87. The molecule has 1 amide bonds. The molecule has 8 nitrogen and oxygen atoms in total. The molecule has 1 aromatic carbocycles. The highest BCUT2D eigenvalue weighted by molar-refractivity contribution is 6.06. The molecule has 0 bridgehead atoms. The summed E-state index contributed by atoms with van der Waals surface area (Å²) in [6, 6.07) is 10.9. The molecule has 0 spiro atoms. The number of hydrogen-bond acceptors (Lipinski definition) is 6. The molecule has 6 rings (SSSR count). The molecule has 3 aromatic heterocycles. The summed E-state index contributed by atoms with van der Waals surface area (Å²) in [4.78, 5) is 24.4. The summed E-state index contributed by atoms with van der Waals surface area (Å²) >= 11 is 0. The molecule has 38 heavy (non-hydrogen) atoms. The Bertz CT molecular complexity index is 1530. The quantitative estimate of drug-likeness (QED) is 0.366. The summed E-state index contributed by atoms with van der Waals surface area (Å²) in [6.07, 6.45) is 6.85. The van der Waals surface area contributed by atoms with Crippen molar-refractivity contribution in [2.24, 2.45) is 0 Å². The number of ether oxygens (including phenoxy) is 1. The zero-order valence-electron chi connectivity index (χ0n) is 21.8. The van der Waals surface area contributed by atoms with Crippen LogP contribution in [0.2, 0.25) is 0 Å². The number of fused-ring (bicyclic) bond motifs is 2. The second-order valence-electron chi connectivity index (χ2n) is 10.4. The molecule has 2 aliphatic rings. The Labute approximate surface area is 220 Å². The van der Waals surface area contributed by atoms with Crippen LogP contribution in [0.4, 0.5) is 15.9 Å². The second-order valence-corrected chi connectivity index (χ2v) is 10.4. The van der Waals surface area contributed by atoms with Gasteiger partial charge in [-0.2, -0.15) is 0 Å². The minimum absolute atomic E-state index is 0.133. The number of hydrogen-bond donors (Lipinski definition) is 2. The fraction of sp³-hybridized carbons (Fsp3) is 0.345. The van der Waals surface area contributed by atoms with Gasteiger partial charge in [-0.1, -0.05) is 12.1 Å². The summed E-state index contributed by atoms with van der Waals surface area (Å²) < 4.78 is 21.1. The Kier molecular flexibility index (Phi) is 6.33. The molecule has 1 aliphatic heterocycles. The number of aromatic nitrogens is 3. The highest BCUT2D eigenvalue weighted by atomic mass is 19.1. The molecular weight excluding hydrogens is 483 g/mol. The summed E-state index contributed by atoms with van der Waals surface area (Å²) in [5, 5.41) is 6.37. The highest BCUT2D eigenvalue weighted by Crippen LogP contribution is 2.39. The summed E-state index contributed by atoms with van der Waals surface area (Å²) in [5.74, 6) is 0.664. The Balaban J connectivity index is 1.35. The van der Waals surface area contributed by atoms with E-state index in [9.17, 15) is 9.18 Å². The number of halogens is 1. The van der Waals surface area contributed by atoms with Crippen LogP contribution in [0, 0.1) is 5.82 Å². The number of anilines is 2. The minimum atomic E-state index is -0.338. The molecule has 4 heterocycles. The van der Waals surface area contributed by atoms with E-state index in [1.54, 1.807) is 19.5 Å². The molecular formula is C29H31FN6O2. The largest absolute Gasteiger partial charge is 0.381 e. The van der Waals surface area contributed by atoms with E-state index in [4.69, 9.17) is 9.72 Å². The van der Waals surface area contributed by atoms with Gasteiger partial charge in [0.15, 0.2) is 0 Å². The van der Waals surface area contributed by atoms with Crippen molar-refractivity contribution in [2.45, 2.75) is 44.4 Å². The Morgan fingerprint density at radius 3 is 2.87 bits per heavy atom. The molecule has 9 heteroatoms. The highest BCUT2D eigenvalue weighted by Gasteiger charge is 2.29. The van der Waals surface area contributed by atoms with Crippen LogP contribution in [0.25, 0.3) is 16.9 Å². The molecule has 2 atom stereocenters. The van der Waals surface area contributed by atoms with Crippen molar-refractivity contribution in [3.8, 4) is 11.3 Å². The van der Waals surface area contributed by atoms with E-state index in [2.05, 4.69) is 26.6 Å². The Hall–Kier alpha value is -3.82. The smallest absolute Gasteiger partial charge is 0.254 e. The molecule has 1 saturated carbocycles. The van der Waals surface area contributed by atoms with Crippen LogP contribution >= 0.6 is 0 Å². The number of pyridine rings is 2. The summed E-state index contributed by atoms with van der Waals surface area (Å²) in [6.45, 7) is 1.14. The van der Waals surface area contributed by atoms with Gasteiger partial charge in [0, 0.05) is 38.0 Å². The lowest BCUT2D eigenvalue weighted by Crippen LogP contribution is -2.16. The van der Waals surface area contributed by atoms with Crippen LogP contribution in [-0.2, 0) is 17.8 Å². The van der Waals surface area contributed by atoms with Crippen molar-refractivity contribution < 1.29 is 13.9 Å². The normalized spacial score (nSPS) is 18.8. The first-order chi connectivity index (χ1) is 18.4. The fourth-order valence-electron chi connectivity index (χ4n) is 5.80. The van der Waals surface area contributed by atoms with Gasteiger partial charge in [0.25, 0.3) is 5.91 Å². The average molecular weight is 515 g/mol. The predicted molar refractivity (Wildman–Crippen MR) is 144 cm³/mol. The third-order valence-corrected chi connectivity index (χ3v) is 7.61. The van der Waals surface area contributed by atoms with Crippen LogP contribution < -0.4 is 10.6 Å². The number of imidazole rings is 1. The van der Waals surface area contributed by atoms with Crippen LogP contribution in [0.3, 0.4) is 0 Å². The van der Waals surface area contributed by atoms with Gasteiger partial charge in [0.1, 0.15) is 17.3 Å². The van der Waals surface area contributed by atoms with Gasteiger partial charge in [-0.3, -0.25) is 9.20 Å². The van der Waals surface area contributed by atoms with Gasteiger partial charge in [-0.25, -0.2) is 14.4 Å². The number of benzene rings is 1. The first-order valence-electron chi connectivity index (χ1n) is 12.9. The van der Waals surface area contributed by atoms with Crippen LogP contribution in [0.15, 0.2) is 48.8 Å². The first kappa shape index (κ1) is 24.5. The van der Waals surface area contributed by atoms with Gasteiger partial charge < -0.3 is 20.3 Å². The lowest BCUT2D eigenvalue weighted by Gasteiger charge is -2.20. The number of carbonyl (C=O) groups excluding carboxylic acids is 1. The van der Waals surface area contributed by atoms with E-state index in [0.29, 0.717) is 41.3 Å². The zero-order valence-corrected chi connectivity index (χ0v) is 21.8. The molecule has 1 unspecified atom stereocenters. The number of carbonyl (C=O) groups is 1. The van der Waals surface area contributed by atoms with Crippen molar-refractivity contribution in [2.75, 3.05) is 26.5 Å². The molecule has 1 fully saturated rings. The lowest BCUT2D eigenvalue weighted by atomic mass is 9.95. The van der Waals surface area contributed by atoms with Gasteiger partial charge in [-0.05, 0) is 68.6 Å². The van der Waals surface area contributed by atoms with E-state index >= 15 is 0 Å². The molecule has 0 saturated heterocycles. The van der Waals surface area contributed by atoms with E-state index in [1.165, 1.54) is 17.7 Å². The maximum Gasteiger partial charge on any atom is 0.254 e. The van der Waals surface area contributed by atoms with E-state index in [-0.39, 0.29) is 11.7 Å². The molecule has 1 aliphatic carbocycles. The second kappa shape index (κ2) is 9.81. The van der Waals surface area contributed by atoms with Gasteiger partial charge in [0.2, 0.25) is 0 Å². The first-order valence-corrected chi connectivity index (χ1v) is 12.9. The number of amides is 1. The Morgan fingerprint density at radius 1 is 1.21 bits per heavy atom. The van der Waals surface area contributed by atoms with E-state index in [1.807, 2.05) is 36.7 Å². The molecule has 0 radical (unpaired) electrons. The lowest BCUT2D eigenvalue weighted by molar-refractivity contribution is 0.0966. The third-order valence-electron chi connectivity index (χ3n) is 7.61. The van der Waals surface area contributed by atoms with Crippen molar-refractivity contribution in [1.82, 2.24) is 24.6 Å². The van der Waals surface area contributed by atoms with Crippen molar-refractivity contribution >= 4 is 23.1 Å². The van der Waals surface area contributed by atoms with Gasteiger partial charge >= 0.3 is 0 Å². The molecule has 2 N–H and O–H groups in total. The van der Waals surface area contributed by atoms with Crippen LogP contribution in [0.1, 0.15) is 52.4 Å². The number of nitrogens with zero attached hydrogens (tertiary/aromatic N) is 4. The van der Waals surface area contributed by atoms with Crippen LogP contribution in [-0.4, -0.2) is 52.5 Å². The van der Waals surface area contributed by atoms with Crippen LogP contribution in [0.5, 0.6) is 0 Å². The monoisotopic (exact) mass is 514 g/mol. The Morgan fingerprint density at radius 2 is 2.08 bits per heavy atom. The average Bonchev–Trinajstić information content (AvgIpc) is 3.63. The molecule has 196 valence electrons. The third kappa shape index (κ3) is 4.41. The maximum absolute atomic E-state index is 13.7. The van der Waals surface area contributed by atoms with Crippen molar-refractivity contribution in [3.05, 3.63) is 77.0 Å². The summed E-state index contributed by atoms with van der Waals surface area (Å²) in [7, 11) is 5.87. The fourth-order valence-corrected chi connectivity index (χ4v) is 5.80. The summed E-state index contributed by atoms with van der Waals surface area (Å²) in [5.41, 5.74) is 6.70. The number of rotatable bonds is 7. The SMILES string of the molecule is CO[C@H]1CCC(c2ccc(Nc3ccc(-c4cnc5cc(F)ccn45)c4c3C(=O)NC4)nc2CN(C)C)C1. The van der Waals surface area contributed by atoms with Gasteiger partial charge in [-0.15, -0.1) is 0 Å². The standard InChI is InChI=1S/C29H31FN6O2/c1-35(2)16-24-20(17-4-5-19(12-17)38-3)7-9-26(34-24)33-23-8-6-21(22-14-32-29(37)28(22)23)25-15-31-27-13-18(30)10-11-36(25)27/h6-11,13,15,17,19H,4-5,12,14,16H2,1-3H3,(H,32,37)(H,33,34)/t17?,19-/m0/s1. The number of methoxy groups -OCH3 is 1. The topological polar surface area (TPSA) is 83.8 Å². The maximum atomic E-state index is 13.7. The van der Waals surface area contributed by atoms with E-state index in [0.717, 1.165) is 48.3 Å². The van der Waals surface area contributed by atoms with E-state index < -0.39 is 0 Å². The van der Waals surface area contributed by atoms with Crippen molar-refractivity contribution in [3.63, 3.8) is 0 Å². The van der Waals surface area contributed by atoms with Gasteiger partial charge in [0.05, 0.1) is 34.9 Å². The van der Waals surface area contributed by atoms with Crippen molar-refractivity contribution in [1.29, 1.82) is 0 Å². The minimum Gasteiger partial charge on any atom is -0.381 e. The molecule has 4 aromatic rings. The zero-order chi connectivity index (χ0) is 26.4.